The van der Waals surface area contributed by atoms with Crippen LogP contribution in [0.5, 0.6) is 0 Å². The molecule has 1 saturated heterocycles. The van der Waals surface area contributed by atoms with E-state index < -0.39 is 5.95 Å². The van der Waals surface area contributed by atoms with E-state index in [1.54, 1.807) is 19.2 Å². The summed E-state index contributed by atoms with van der Waals surface area (Å²) in [6.07, 6.45) is 9.18. The Morgan fingerprint density at radius 2 is 1.81 bits per heavy atom. The van der Waals surface area contributed by atoms with Crippen LogP contribution in [0.1, 0.15) is 41.9 Å². The SMILES string of the molecule is Cc1cc(C)c(Nc2cc(-c3nc(NC4C5CNCC54)c4c(C5CCC5)cncc4n3)ccn2)nc1F. The smallest absolute Gasteiger partial charge is 0.217 e. The number of aromatic nitrogens is 5. The van der Waals surface area contributed by atoms with Gasteiger partial charge in [-0.1, -0.05) is 6.42 Å². The molecular weight excluding hydrogens is 467 g/mol. The predicted molar refractivity (Wildman–Crippen MR) is 141 cm³/mol. The summed E-state index contributed by atoms with van der Waals surface area (Å²) in [5.41, 5.74) is 4.28. The van der Waals surface area contributed by atoms with Gasteiger partial charge in [-0.25, -0.2) is 19.9 Å². The molecule has 4 aromatic heterocycles. The van der Waals surface area contributed by atoms with Gasteiger partial charge in [-0.15, -0.1) is 0 Å². The van der Waals surface area contributed by atoms with Crippen molar-refractivity contribution in [3.05, 3.63) is 59.4 Å². The molecule has 2 atom stereocenters. The average molecular weight is 497 g/mol. The quantitative estimate of drug-likeness (QED) is 0.325. The highest BCUT2D eigenvalue weighted by Gasteiger charge is 2.53. The van der Waals surface area contributed by atoms with Crippen LogP contribution in [-0.2, 0) is 0 Å². The molecule has 2 aliphatic carbocycles. The maximum Gasteiger partial charge on any atom is 0.217 e. The first kappa shape index (κ1) is 22.5. The van der Waals surface area contributed by atoms with Gasteiger partial charge in [0.2, 0.25) is 5.95 Å². The molecule has 5 heterocycles. The van der Waals surface area contributed by atoms with Crippen LogP contribution in [0, 0.1) is 31.6 Å². The second kappa shape index (κ2) is 8.69. The monoisotopic (exact) mass is 496 g/mol. The van der Waals surface area contributed by atoms with E-state index in [0.29, 0.717) is 46.8 Å². The number of piperidine rings is 1. The lowest BCUT2D eigenvalue weighted by Gasteiger charge is -2.27. The van der Waals surface area contributed by atoms with Crippen LogP contribution >= 0.6 is 0 Å². The third-order valence-electron chi connectivity index (χ3n) is 8.18. The molecule has 1 aliphatic heterocycles. The number of anilines is 3. The molecule has 8 nitrogen and oxygen atoms in total. The van der Waals surface area contributed by atoms with Crippen molar-refractivity contribution in [3.8, 4) is 11.4 Å². The Morgan fingerprint density at radius 1 is 0.973 bits per heavy atom. The normalized spacial score (nSPS) is 22.5. The van der Waals surface area contributed by atoms with Crippen molar-refractivity contribution in [2.75, 3.05) is 23.7 Å². The van der Waals surface area contributed by atoms with Gasteiger partial charge in [0, 0.05) is 48.0 Å². The summed E-state index contributed by atoms with van der Waals surface area (Å²) in [5, 5.41) is 11.5. The van der Waals surface area contributed by atoms with Crippen molar-refractivity contribution in [2.24, 2.45) is 11.8 Å². The molecule has 2 saturated carbocycles. The Hall–Kier alpha value is -3.72. The standard InChI is InChI=1S/C28H29FN8/c1-14-8-15(2)26(36-25(14)29)34-22-9-17(6-7-32-22)27-33-21-13-31-10-18(16-4-3-5-16)23(21)28(37-27)35-24-19-11-30-12-20(19)24/h6-10,13,16,19-20,24,30H,3-5,11-12H2,1-2H3,(H,32,34,36)(H,33,35,37). The van der Waals surface area contributed by atoms with E-state index in [1.807, 2.05) is 31.5 Å². The van der Waals surface area contributed by atoms with Crippen molar-refractivity contribution < 1.29 is 4.39 Å². The van der Waals surface area contributed by atoms with Gasteiger partial charge < -0.3 is 16.0 Å². The summed E-state index contributed by atoms with van der Waals surface area (Å²) in [7, 11) is 0. The van der Waals surface area contributed by atoms with E-state index in [-0.39, 0.29) is 0 Å². The van der Waals surface area contributed by atoms with E-state index in [2.05, 4.69) is 30.9 Å². The fourth-order valence-corrected chi connectivity index (χ4v) is 5.77. The van der Waals surface area contributed by atoms with E-state index in [4.69, 9.17) is 9.97 Å². The van der Waals surface area contributed by atoms with Gasteiger partial charge in [0.1, 0.15) is 17.5 Å². The average Bonchev–Trinajstić information content (AvgIpc) is 3.26. The summed E-state index contributed by atoms with van der Waals surface area (Å²) in [5.74, 6) is 3.84. The van der Waals surface area contributed by atoms with Crippen molar-refractivity contribution in [1.29, 1.82) is 0 Å². The second-order valence-corrected chi connectivity index (χ2v) is 10.6. The number of fused-ring (bicyclic) bond motifs is 2. The molecule has 2 unspecified atom stereocenters. The second-order valence-electron chi connectivity index (χ2n) is 10.6. The molecule has 4 aromatic rings. The highest BCUT2D eigenvalue weighted by molar-refractivity contribution is 5.93. The number of pyridine rings is 3. The summed E-state index contributed by atoms with van der Waals surface area (Å²) in [6, 6.07) is 5.98. The molecular formula is C28H29FN8. The number of hydrogen-bond acceptors (Lipinski definition) is 8. The molecule has 3 N–H and O–H groups in total. The van der Waals surface area contributed by atoms with Crippen LogP contribution < -0.4 is 16.0 Å². The minimum atomic E-state index is -0.493. The van der Waals surface area contributed by atoms with Crippen molar-refractivity contribution in [2.45, 2.75) is 45.1 Å². The largest absolute Gasteiger partial charge is 0.366 e. The lowest BCUT2D eigenvalue weighted by atomic mass is 9.79. The van der Waals surface area contributed by atoms with Crippen LogP contribution in [0.15, 0.2) is 36.8 Å². The molecule has 9 heteroatoms. The van der Waals surface area contributed by atoms with Gasteiger partial charge in [0.15, 0.2) is 5.82 Å². The van der Waals surface area contributed by atoms with E-state index in [9.17, 15) is 4.39 Å². The van der Waals surface area contributed by atoms with E-state index >= 15 is 0 Å². The fraction of sp³-hybridized carbons (Fsp3) is 0.393. The highest BCUT2D eigenvalue weighted by Crippen LogP contribution is 2.46. The minimum absolute atomic E-state index is 0.440. The number of nitrogens with zero attached hydrogens (tertiary/aromatic N) is 5. The maximum atomic E-state index is 14.1. The van der Waals surface area contributed by atoms with Gasteiger partial charge in [-0.05, 0) is 73.8 Å². The molecule has 3 fully saturated rings. The van der Waals surface area contributed by atoms with Gasteiger partial charge in [0.05, 0.1) is 11.7 Å². The Bertz CT molecular complexity index is 1510. The van der Waals surface area contributed by atoms with Crippen LogP contribution in [-0.4, -0.2) is 44.1 Å². The Kier molecular flexibility index (Phi) is 5.28. The number of hydrogen-bond donors (Lipinski definition) is 3. The Morgan fingerprint density at radius 3 is 2.59 bits per heavy atom. The topological polar surface area (TPSA) is 101 Å². The molecule has 0 amide bonds. The first-order valence-corrected chi connectivity index (χ1v) is 13.1. The van der Waals surface area contributed by atoms with Crippen LogP contribution in [0.2, 0.25) is 0 Å². The lowest BCUT2D eigenvalue weighted by Crippen LogP contribution is -2.22. The fourth-order valence-electron chi connectivity index (χ4n) is 5.77. The summed E-state index contributed by atoms with van der Waals surface area (Å²) in [6.45, 7) is 5.71. The lowest BCUT2D eigenvalue weighted by molar-refractivity contribution is 0.421. The maximum absolute atomic E-state index is 14.1. The van der Waals surface area contributed by atoms with Crippen molar-refractivity contribution in [3.63, 3.8) is 0 Å². The van der Waals surface area contributed by atoms with Crippen LogP contribution in [0.3, 0.4) is 0 Å². The zero-order valence-electron chi connectivity index (χ0n) is 20.9. The third-order valence-corrected chi connectivity index (χ3v) is 8.18. The first-order valence-electron chi connectivity index (χ1n) is 13.1. The first-order chi connectivity index (χ1) is 18.0. The van der Waals surface area contributed by atoms with Crippen molar-refractivity contribution in [1.82, 2.24) is 30.2 Å². The molecule has 188 valence electrons. The Labute approximate surface area is 214 Å². The van der Waals surface area contributed by atoms with Crippen LogP contribution in [0.4, 0.5) is 21.8 Å². The van der Waals surface area contributed by atoms with Gasteiger partial charge >= 0.3 is 0 Å². The van der Waals surface area contributed by atoms with Gasteiger partial charge in [-0.3, -0.25) is 4.98 Å². The number of aryl methyl sites for hydroxylation is 2. The van der Waals surface area contributed by atoms with Gasteiger partial charge in [0.25, 0.3) is 0 Å². The number of nitrogens with one attached hydrogen (secondary N) is 3. The van der Waals surface area contributed by atoms with Crippen LogP contribution in [0.25, 0.3) is 22.3 Å². The predicted octanol–water partition coefficient (Wildman–Crippen LogP) is 4.88. The molecule has 7 rings (SSSR count). The summed E-state index contributed by atoms with van der Waals surface area (Å²) >= 11 is 0. The summed E-state index contributed by atoms with van der Waals surface area (Å²) < 4.78 is 14.1. The third kappa shape index (κ3) is 3.98. The number of rotatable bonds is 6. The molecule has 0 aromatic carbocycles. The zero-order valence-corrected chi connectivity index (χ0v) is 20.9. The molecule has 3 aliphatic rings. The number of halogens is 1. The van der Waals surface area contributed by atoms with Gasteiger partial charge in [-0.2, -0.15) is 4.39 Å². The zero-order chi connectivity index (χ0) is 25.1. The highest BCUT2D eigenvalue weighted by atomic mass is 19.1. The van der Waals surface area contributed by atoms with E-state index in [0.717, 1.165) is 40.9 Å². The molecule has 37 heavy (non-hydrogen) atoms. The minimum Gasteiger partial charge on any atom is -0.366 e. The van der Waals surface area contributed by atoms with E-state index in [1.165, 1.54) is 24.8 Å². The molecule has 0 spiro atoms. The Balaban J connectivity index is 1.28. The molecule has 0 radical (unpaired) electrons. The summed E-state index contributed by atoms with van der Waals surface area (Å²) in [4.78, 5) is 23.0. The van der Waals surface area contributed by atoms with Crippen molar-refractivity contribution >= 4 is 28.4 Å². The molecule has 0 bridgehead atoms.